The Bertz CT molecular complexity index is 704. The number of nitrogens with one attached hydrogen (secondary N) is 2. The number of aliphatic imine (C=N–C) groups is 1. The molecule has 8 nitrogen and oxygen atoms in total. The first-order valence-electron chi connectivity index (χ1n) is 5.73. The van der Waals surface area contributed by atoms with E-state index < -0.39 is 18.2 Å². The molecule has 19 heavy (non-hydrogen) atoms. The SMILES string of the molecule is O=c1[nH]cnc2c(C3=NC(CO)C(O)C3O)c[nH]c12. The van der Waals surface area contributed by atoms with Crippen LogP contribution < -0.4 is 5.56 Å². The predicted molar refractivity (Wildman–Crippen MR) is 66.1 cm³/mol. The molecule has 2 aromatic heterocycles. The van der Waals surface area contributed by atoms with Crippen molar-refractivity contribution in [3.05, 3.63) is 28.4 Å². The van der Waals surface area contributed by atoms with Crippen LogP contribution in [0.3, 0.4) is 0 Å². The molecule has 3 unspecified atom stereocenters. The van der Waals surface area contributed by atoms with E-state index in [0.29, 0.717) is 11.1 Å². The van der Waals surface area contributed by atoms with Gasteiger partial charge in [-0.05, 0) is 0 Å². The van der Waals surface area contributed by atoms with Crippen LogP contribution in [0.1, 0.15) is 5.56 Å². The lowest BCUT2D eigenvalue weighted by atomic mass is 10.0. The Morgan fingerprint density at radius 1 is 1.32 bits per heavy atom. The molecule has 0 radical (unpaired) electrons. The number of hydrogen-bond acceptors (Lipinski definition) is 6. The van der Waals surface area contributed by atoms with Gasteiger partial charge in [0.2, 0.25) is 0 Å². The van der Waals surface area contributed by atoms with E-state index in [4.69, 9.17) is 5.11 Å². The molecule has 3 heterocycles. The van der Waals surface area contributed by atoms with E-state index in [9.17, 15) is 15.0 Å². The minimum atomic E-state index is -1.21. The van der Waals surface area contributed by atoms with Gasteiger partial charge in [-0.15, -0.1) is 0 Å². The average Bonchev–Trinajstić information content (AvgIpc) is 2.94. The Labute approximate surface area is 106 Å². The molecule has 0 amide bonds. The molecule has 0 fully saturated rings. The van der Waals surface area contributed by atoms with Crippen LogP contribution >= 0.6 is 0 Å². The molecule has 2 aromatic rings. The molecule has 3 atom stereocenters. The summed E-state index contributed by atoms with van der Waals surface area (Å²) in [5.74, 6) is 0. The summed E-state index contributed by atoms with van der Waals surface area (Å²) in [6, 6.07) is -0.767. The Balaban J connectivity index is 2.16. The maximum atomic E-state index is 11.6. The number of hydrogen-bond donors (Lipinski definition) is 5. The van der Waals surface area contributed by atoms with Crippen molar-refractivity contribution in [2.24, 2.45) is 4.99 Å². The normalized spacial score (nSPS) is 26.9. The molecular weight excluding hydrogens is 252 g/mol. The predicted octanol–water partition coefficient (Wildman–Crippen LogP) is -1.86. The number of H-pyrrole nitrogens is 2. The zero-order valence-electron chi connectivity index (χ0n) is 9.74. The van der Waals surface area contributed by atoms with Crippen molar-refractivity contribution < 1.29 is 15.3 Å². The first-order chi connectivity index (χ1) is 9.13. The summed E-state index contributed by atoms with van der Waals surface area (Å²) in [4.78, 5) is 24.9. The number of aliphatic hydroxyl groups is 3. The molecule has 0 aliphatic carbocycles. The molecule has 0 aromatic carbocycles. The zero-order valence-corrected chi connectivity index (χ0v) is 9.74. The molecular formula is C11H12N4O4. The van der Waals surface area contributed by atoms with Crippen molar-refractivity contribution in [2.45, 2.75) is 18.2 Å². The van der Waals surface area contributed by atoms with Gasteiger partial charge in [-0.1, -0.05) is 0 Å². The second kappa shape index (κ2) is 4.26. The molecule has 0 spiro atoms. The Morgan fingerprint density at radius 2 is 2.11 bits per heavy atom. The highest BCUT2D eigenvalue weighted by Gasteiger charge is 2.37. The third-order valence-corrected chi connectivity index (χ3v) is 3.23. The third kappa shape index (κ3) is 1.69. The Kier molecular flexibility index (Phi) is 2.70. The minimum Gasteiger partial charge on any atom is -0.394 e. The highest BCUT2D eigenvalue weighted by molar-refractivity contribution is 6.12. The van der Waals surface area contributed by atoms with Crippen LogP contribution in [0, 0.1) is 0 Å². The van der Waals surface area contributed by atoms with E-state index in [0.717, 1.165) is 0 Å². The maximum Gasteiger partial charge on any atom is 0.275 e. The fourth-order valence-electron chi connectivity index (χ4n) is 2.23. The molecule has 0 bridgehead atoms. The van der Waals surface area contributed by atoms with Gasteiger partial charge in [0.25, 0.3) is 5.56 Å². The first-order valence-corrected chi connectivity index (χ1v) is 5.73. The summed E-state index contributed by atoms with van der Waals surface area (Å²) >= 11 is 0. The van der Waals surface area contributed by atoms with Gasteiger partial charge in [0.1, 0.15) is 29.3 Å². The molecule has 8 heteroatoms. The molecule has 1 aliphatic heterocycles. The van der Waals surface area contributed by atoms with Crippen molar-refractivity contribution in [3.8, 4) is 0 Å². The van der Waals surface area contributed by atoms with E-state index in [-0.39, 0.29) is 23.4 Å². The number of aliphatic hydroxyl groups excluding tert-OH is 3. The van der Waals surface area contributed by atoms with Gasteiger partial charge in [0.15, 0.2) is 0 Å². The van der Waals surface area contributed by atoms with Crippen LogP contribution in [0.25, 0.3) is 11.0 Å². The van der Waals surface area contributed by atoms with Gasteiger partial charge in [-0.25, -0.2) is 4.98 Å². The van der Waals surface area contributed by atoms with Crippen LogP contribution in [-0.4, -0.2) is 60.8 Å². The van der Waals surface area contributed by atoms with Crippen molar-refractivity contribution in [2.75, 3.05) is 6.61 Å². The third-order valence-electron chi connectivity index (χ3n) is 3.23. The van der Waals surface area contributed by atoms with Crippen LogP contribution in [0.2, 0.25) is 0 Å². The van der Waals surface area contributed by atoms with E-state index in [1.807, 2.05) is 0 Å². The summed E-state index contributed by atoms with van der Waals surface area (Å²) in [5.41, 5.74) is 0.977. The van der Waals surface area contributed by atoms with E-state index in [1.54, 1.807) is 0 Å². The van der Waals surface area contributed by atoms with Crippen LogP contribution in [-0.2, 0) is 0 Å². The maximum absolute atomic E-state index is 11.6. The quantitative estimate of drug-likeness (QED) is 0.433. The first kappa shape index (κ1) is 12.0. The molecule has 0 saturated heterocycles. The van der Waals surface area contributed by atoms with E-state index >= 15 is 0 Å². The van der Waals surface area contributed by atoms with Gasteiger partial charge in [-0.3, -0.25) is 9.79 Å². The van der Waals surface area contributed by atoms with Gasteiger partial charge in [0, 0.05) is 11.8 Å². The standard InChI is InChI=1S/C11H12N4O4/c16-2-5-9(17)10(18)7(15-5)4-1-12-8-6(4)13-3-14-11(8)19/h1,3,5,9-10,12,16-18H,2H2,(H,13,14,19). The summed E-state index contributed by atoms with van der Waals surface area (Å²) in [7, 11) is 0. The van der Waals surface area contributed by atoms with Gasteiger partial charge in [0.05, 0.1) is 18.6 Å². The average molecular weight is 264 g/mol. The van der Waals surface area contributed by atoms with Crippen LogP contribution in [0.15, 0.2) is 22.3 Å². The summed E-state index contributed by atoms with van der Waals surface area (Å²) < 4.78 is 0. The number of aromatic amines is 2. The van der Waals surface area contributed by atoms with E-state index in [2.05, 4.69) is 19.9 Å². The summed E-state index contributed by atoms with van der Waals surface area (Å²) in [6.07, 6.45) is 0.384. The summed E-state index contributed by atoms with van der Waals surface area (Å²) in [5, 5.41) is 28.7. The molecule has 3 rings (SSSR count). The van der Waals surface area contributed by atoms with Crippen molar-refractivity contribution in [1.82, 2.24) is 15.0 Å². The number of fused-ring (bicyclic) bond motifs is 1. The Hall–Kier alpha value is -2.03. The van der Waals surface area contributed by atoms with Gasteiger partial charge < -0.3 is 25.3 Å². The van der Waals surface area contributed by atoms with Crippen LogP contribution in [0.5, 0.6) is 0 Å². The number of aromatic nitrogens is 3. The molecule has 5 N–H and O–H groups in total. The van der Waals surface area contributed by atoms with Crippen molar-refractivity contribution in [1.29, 1.82) is 0 Å². The molecule has 1 aliphatic rings. The van der Waals surface area contributed by atoms with Crippen molar-refractivity contribution >= 4 is 16.7 Å². The molecule has 100 valence electrons. The molecule has 0 saturated carbocycles. The highest BCUT2D eigenvalue weighted by atomic mass is 16.3. The lowest BCUT2D eigenvalue weighted by Gasteiger charge is -2.12. The number of rotatable bonds is 2. The smallest absolute Gasteiger partial charge is 0.275 e. The largest absolute Gasteiger partial charge is 0.394 e. The summed E-state index contributed by atoms with van der Waals surface area (Å²) in [6.45, 7) is -0.363. The fraction of sp³-hybridized carbons (Fsp3) is 0.364. The number of nitrogens with zero attached hydrogens (tertiary/aromatic N) is 2. The van der Waals surface area contributed by atoms with E-state index in [1.165, 1.54) is 12.5 Å². The second-order valence-corrected chi connectivity index (χ2v) is 4.36. The second-order valence-electron chi connectivity index (χ2n) is 4.36. The highest BCUT2D eigenvalue weighted by Crippen LogP contribution is 2.23. The monoisotopic (exact) mass is 264 g/mol. The zero-order chi connectivity index (χ0) is 13.6. The Morgan fingerprint density at radius 3 is 2.79 bits per heavy atom. The van der Waals surface area contributed by atoms with Gasteiger partial charge >= 0.3 is 0 Å². The fourth-order valence-corrected chi connectivity index (χ4v) is 2.23. The topological polar surface area (TPSA) is 135 Å². The van der Waals surface area contributed by atoms with Crippen molar-refractivity contribution in [3.63, 3.8) is 0 Å². The minimum absolute atomic E-state index is 0.218. The lowest BCUT2D eigenvalue weighted by molar-refractivity contribution is 0.0408. The van der Waals surface area contributed by atoms with Gasteiger partial charge in [-0.2, -0.15) is 0 Å². The van der Waals surface area contributed by atoms with Crippen LogP contribution in [0.4, 0.5) is 0 Å². The lowest BCUT2D eigenvalue weighted by Crippen LogP contribution is -2.35.